The highest BCUT2D eigenvalue weighted by Gasteiger charge is 2.01. The fraction of sp³-hybridized carbons (Fsp3) is 0. The molecule has 0 bridgehead atoms. The molecule has 0 saturated heterocycles. The van der Waals surface area contributed by atoms with Crippen LogP contribution in [0, 0.1) is 0 Å². The molecule has 2 aromatic rings. The lowest BCUT2D eigenvalue weighted by Gasteiger charge is -2.00. The number of hydrogen-bond acceptors (Lipinski definition) is 3. The fourth-order valence-electron chi connectivity index (χ4n) is 1.37. The number of carboxylic acids is 1. The fourth-order valence-corrected chi connectivity index (χ4v) is 1.56. The lowest BCUT2D eigenvalue weighted by Crippen LogP contribution is -1.90. The minimum absolute atomic E-state index is 0.546. The molecule has 0 unspecified atom stereocenters. The molecule has 0 amide bonds. The second-order valence-corrected chi connectivity index (χ2v) is 3.96. The molecule has 0 spiro atoms. The van der Waals surface area contributed by atoms with Gasteiger partial charge in [-0.05, 0) is 18.2 Å². The Morgan fingerprint density at radius 1 is 1.28 bits per heavy atom. The van der Waals surface area contributed by atoms with E-state index in [0.717, 1.165) is 11.6 Å². The van der Waals surface area contributed by atoms with Crippen LogP contribution in [0.5, 0.6) is 0 Å². The number of aliphatic carboxylic acids is 1. The Bertz CT molecular complexity index is 594. The SMILES string of the molecule is O=C(O)/C=C/c1cnc(-c2cccc(Cl)c2)nc1. The van der Waals surface area contributed by atoms with Gasteiger partial charge in [0.05, 0.1) is 0 Å². The van der Waals surface area contributed by atoms with Crippen molar-refractivity contribution in [3.8, 4) is 11.4 Å². The molecule has 1 aromatic carbocycles. The first-order valence-electron chi connectivity index (χ1n) is 5.14. The molecule has 0 atom stereocenters. The second-order valence-electron chi connectivity index (χ2n) is 3.52. The van der Waals surface area contributed by atoms with Crippen molar-refractivity contribution in [3.05, 3.63) is 53.3 Å². The van der Waals surface area contributed by atoms with Gasteiger partial charge >= 0.3 is 5.97 Å². The molecule has 4 nitrogen and oxygen atoms in total. The van der Waals surface area contributed by atoms with Gasteiger partial charge in [-0.3, -0.25) is 0 Å². The van der Waals surface area contributed by atoms with E-state index in [2.05, 4.69) is 9.97 Å². The molecule has 5 heteroatoms. The smallest absolute Gasteiger partial charge is 0.328 e. The van der Waals surface area contributed by atoms with Crippen LogP contribution in [0.2, 0.25) is 5.02 Å². The molecular formula is C13H9ClN2O2. The van der Waals surface area contributed by atoms with Crippen LogP contribution in [0.4, 0.5) is 0 Å². The van der Waals surface area contributed by atoms with E-state index in [9.17, 15) is 4.79 Å². The van der Waals surface area contributed by atoms with Crippen molar-refractivity contribution in [1.29, 1.82) is 0 Å². The summed E-state index contributed by atoms with van der Waals surface area (Å²) in [5.41, 5.74) is 1.44. The highest BCUT2D eigenvalue weighted by molar-refractivity contribution is 6.30. The largest absolute Gasteiger partial charge is 0.478 e. The quantitative estimate of drug-likeness (QED) is 0.862. The maximum absolute atomic E-state index is 10.4. The number of nitrogens with zero attached hydrogens (tertiary/aromatic N) is 2. The van der Waals surface area contributed by atoms with Gasteiger partial charge in [-0.15, -0.1) is 0 Å². The predicted octanol–water partition coefficient (Wildman–Crippen LogP) is 2.89. The number of rotatable bonds is 3. The zero-order chi connectivity index (χ0) is 13.0. The molecule has 0 fully saturated rings. The van der Waals surface area contributed by atoms with Crippen molar-refractivity contribution < 1.29 is 9.90 Å². The van der Waals surface area contributed by atoms with Crippen LogP contribution >= 0.6 is 11.6 Å². The number of aromatic nitrogens is 2. The van der Waals surface area contributed by atoms with Crippen LogP contribution in [-0.2, 0) is 4.79 Å². The summed E-state index contributed by atoms with van der Waals surface area (Å²) in [5, 5.41) is 9.11. The van der Waals surface area contributed by atoms with Crippen LogP contribution in [0.3, 0.4) is 0 Å². The average Bonchev–Trinajstić information content (AvgIpc) is 2.37. The van der Waals surface area contributed by atoms with E-state index in [4.69, 9.17) is 16.7 Å². The molecule has 0 aliphatic carbocycles. The molecule has 1 heterocycles. The van der Waals surface area contributed by atoms with Gasteiger partial charge in [0.15, 0.2) is 5.82 Å². The Kier molecular flexibility index (Phi) is 3.69. The van der Waals surface area contributed by atoms with Crippen LogP contribution in [0.15, 0.2) is 42.7 Å². The third-order valence-electron chi connectivity index (χ3n) is 2.17. The van der Waals surface area contributed by atoms with Gasteiger partial charge < -0.3 is 5.11 Å². The van der Waals surface area contributed by atoms with Crippen LogP contribution in [0.25, 0.3) is 17.5 Å². The van der Waals surface area contributed by atoms with E-state index in [-0.39, 0.29) is 0 Å². The Morgan fingerprint density at radius 2 is 2.00 bits per heavy atom. The summed E-state index contributed by atoms with van der Waals surface area (Å²) in [4.78, 5) is 18.7. The summed E-state index contributed by atoms with van der Waals surface area (Å²) >= 11 is 5.88. The van der Waals surface area contributed by atoms with E-state index in [0.29, 0.717) is 16.4 Å². The minimum Gasteiger partial charge on any atom is -0.478 e. The summed E-state index contributed by atoms with van der Waals surface area (Å²) in [5.74, 6) is -0.459. The monoisotopic (exact) mass is 260 g/mol. The van der Waals surface area contributed by atoms with Crippen molar-refractivity contribution in [2.75, 3.05) is 0 Å². The highest BCUT2D eigenvalue weighted by Crippen LogP contribution is 2.19. The number of carbonyl (C=O) groups is 1. The molecule has 0 aliphatic rings. The first-order valence-corrected chi connectivity index (χ1v) is 5.52. The predicted molar refractivity (Wildman–Crippen MR) is 69.1 cm³/mol. The van der Waals surface area contributed by atoms with E-state index in [1.54, 1.807) is 24.5 Å². The Morgan fingerprint density at radius 3 is 2.61 bits per heavy atom. The molecule has 18 heavy (non-hydrogen) atoms. The normalized spacial score (nSPS) is 10.7. The van der Waals surface area contributed by atoms with Crippen LogP contribution in [0.1, 0.15) is 5.56 Å². The first-order chi connectivity index (χ1) is 8.65. The average molecular weight is 261 g/mol. The lowest BCUT2D eigenvalue weighted by molar-refractivity contribution is -0.131. The minimum atomic E-state index is -1.01. The third-order valence-corrected chi connectivity index (χ3v) is 2.41. The Hall–Kier alpha value is -2.20. The van der Waals surface area contributed by atoms with Gasteiger partial charge in [-0.1, -0.05) is 23.7 Å². The molecule has 1 aromatic heterocycles. The summed E-state index contributed by atoms with van der Waals surface area (Å²) in [6.07, 6.45) is 5.59. The van der Waals surface area contributed by atoms with Gasteiger partial charge in [0, 0.05) is 34.6 Å². The maximum Gasteiger partial charge on any atom is 0.328 e. The number of benzene rings is 1. The van der Waals surface area contributed by atoms with Crippen molar-refractivity contribution in [2.24, 2.45) is 0 Å². The summed E-state index contributed by atoms with van der Waals surface area (Å²) in [6.45, 7) is 0. The van der Waals surface area contributed by atoms with Gasteiger partial charge in [-0.25, -0.2) is 14.8 Å². The van der Waals surface area contributed by atoms with Gasteiger partial charge in [0.2, 0.25) is 0 Å². The van der Waals surface area contributed by atoms with Gasteiger partial charge in [0.1, 0.15) is 0 Å². The second kappa shape index (κ2) is 5.42. The van der Waals surface area contributed by atoms with Crippen LogP contribution in [-0.4, -0.2) is 21.0 Å². The van der Waals surface area contributed by atoms with Crippen molar-refractivity contribution in [1.82, 2.24) is 9.97 Å². The highest BCUT2D eigenvalue weighted by atomic mass is 35.5. The molecule has 90 valence electrons. The number of hydrogen-bond donors (Lipinski definition) is 1. The van der Waals surface area contributed by atoms with E-state index in [1.807, 2.05) is 12.1 Å². The molecule has 0 saturated carbocycles. The van der Waals surface area contributed by atoms with Crippen LogP contribution < -0.4 is 0 Å². The van der Waals surface area contributed by atoms with Gasteiger partial charge in [-0.2, -0.15) is 0 Å². The Balaban J connectivity index is 2.25. The number of carboxylic acid groups (broad SMARTS) is 1. The van der Waals surface area contributed by atoms with Crippen molar-refractivity contribution in [3.63, 3.8) is 0 Å². The van der Waals surface area contributed by atoms with Crippen molar-refractivity contribution >= 4 is 23.6 Å². The maximum atomic E-state index is 10.4. The molecule has 0 radical (unpaired) electrons. The first kappa shape index (κ1) is 12.3. The summed E-state index contributed by atoms with van der Waals surface area (Å²) < 4.78 is 0. The Labute approximate surface area is 109 Å². The topological polar surface area (TPSA) is 63.1 Å². The summed E-state index contributed by atoms with van der Waals surface area (Å²) in [6, 6.07) is 7.21. The summed E-state index contributed by atoms with van der Waals surface area (Å²) in [7, 11) is 0. The third kappa shape index (κ3) is 3.15. The molecular weight excluding hydrogens is 252 g/mol. The lowest BCUT2D eigenvalue weighted by atomic mass is 10.2. The molecule has 1 N–H and O–H groups in total. The standard InChI is InChI=1S/C13H9ClN2O2/c14-11-3-1-2-10(6-11)13-15-7-9(8-16-13)4-5-12(17)18/h1-8H,(H,17,18)/b5-4+. The van der Waals surface area contributed by atoms with E-state index in [1.165, 1.54) is 6.08 Å². The van der Waals surface area contributed by atoms with Crippen molar-refractivity contribution in [2.45, 2.75) is 0 Å². The van der Waals surface area contributed by atoms with Gasteiger partial charge in [0.25, 0.3) is 0 Å². The number of halogens is 1. The molecule has 2 rings (SSSR count). The van der Waals surface area contributed by atoms with E-state index >= 15 is 0 Å². The zero-order valence-corrected chi connectivity index (χ0v) is 10.0. The molecule has 0 aliphatic heterocycles. The van der Waals surface area contributed by atoms with E-state index < -0.39 is 5.97 Å². The zero-order valence-electron chi connectivity index (χ0n) is 9.25.